The topological polar surface area (TPSA) is 140 Å². The minimum atomic E-state index is -3.61. The first-order valence-corrected chi connectivity index (χ1v) is 13.7. The minimum absolute atomic E-state index is 0.0329. The number of sulfone groups is 1. The quantitative estimate of drug-likeness (QED) is 0.216. The third kappa shape index (κ3) is 8.03. The van der Waals surface area contributed by atoms with Crippen LogP contribution in [0.2, 0.25) is 0 Å². The van der Waals surface area contributed by atoms with E-state index in [1.807, 2.05) is 32.0 Å². The third-order valence-electron chi connectivity index (χ3n) is 4.83. The van der Waals surface area contributed by atoms with Crippen LogP contribution in [0.4, 0.5) is 5.13 Å². The zero-order valence-corrected chi connectivity index (χ0v) is 22.4. The Labute approximate surface area is 219 Å². The number of rotatable bonds is 11. The summed E-state index contributed by atoms with van der Waals surface area (Å²) in [6.07, 6.45) is 2.99. The van der Waals surface area contributed by atoms with Crippen LogP contribution in [0, 0.1) is 25.2 Å². The normalized spacial score (nSPS) is 11.5. The van der Waals surface area contributed by atoms with Gasteiger partial charge in [-0.2, -0.15) is 14.6 Å². The van der Waals surface area contributed by atoms with Crippen molar-refractivity contribution < 1.29 is 27.4 Å². The predicted molar refractivity (Wildman–Crippen MR) is 140 cm³/mol. The van der Waals surface area contributed by atoms with Gasteiger partial charge in [0.2, 0.25) is 15.0 Å². The molecule has 0 spiro atoms. The second kappa shape index (κ2) is 12.3. The van der Waals surface area contributed by atoms with Gasteiger partial charge in [0.15, 0.2) is 11.5 Å². The van der Waals surface area contributed by atoms with Gasteiger partial charge in [0.05, 0.1) is 20.3 Å². The van der Waals surface area contributed by atoms with Crippen LogP contribution in [-0.2, 0) is 14.6 Å². The molecule has 0 aliphatic rings. The Bertz CT molecular complexity index is 1440. The highest BCUT2D eigenvalue weighted by Gasteiger charge is 2.17. The minimum Gasteiger partial charge on any atom is -0.493 e. The van der Waals surface area contributed by atoms with Gasteiger partial charge >= 0.3 is 0 Å². The second-order valence-corrected chi connectivity index (χ2v) is 10.7. The Morgan fingerprint density at radius 3 is 2.43 bits per heavy atom. The molecule has 10 nitrogen and oxygen atoms in total. The zero-order valence-electron chi connectivity index (χ0n) is 20.8. The van der Waals surface area contributed by atoms with Crippen LogP contribution >= 0.6 is 11.5 Å². The van der Waals surface area contributed by atoms with Gasteiger partial charge in [-0.25, -0.2) is 8.42 Å². The molecule has 0 atom stereocenters. The molecule has 0 bridgehead atoms. The van der Waals surface area contributed by atoms with Gasteiger partial charge < -0.3 is 14.2 Å². The highest BCUT2D eigenvalue weighted by atomic mass is 32.2. The predicted octanol–water partition coefficient (Wildman–Crippen LogP) is 3.96. The van der Waals surface area contributed by atoms with Gasteiger partial charge in [0.25, 0.3) is 11.1 Å². The molecule has 0 fully saturated rings. The van der Waals surface area contributed by atoms with Crippen molar-refractivity contribution in [3.8, 4) is 23.3 Å². The number of aryl methyl sites for hydroxylation is 2. The molecule has 1 N–H and O–H groups in total. The van der Waals surface area contributed by atoms with Crippen LogP contribution in [0.5, 0.6) is 17.2 Å². The van der Waals surface area contributed by atoms with E-state index in [1.54, 1.807) is 18.2 Å². The Morgan fingerprint density at radius 1 is 1.11 bits per heavy atom. The number of carbonyl (C=O) groups is 1. The molecule has 2 aromatic carbocycles. The fourth-order valence-corrected chi connectivity index (χ4v) is 4.67. The maximum Gasteiger partial charge on any atom is 0.268 e. The summed E-state index contributed by atoms with van der Waals surface area (Å²) in [6.45, 7) is 4.94. The second-order valence-electron chi connectivity index (χ2n) is 8.06. The summed E-state index contributed by atoms with van der Waals surface area (Å²) in [6, 6.07) is 12.9. The van der Waals surface area contributed by atoms with Crippen molar-refractivity contribution in [2.75, 3.05) is 31.9 Å². The van der Waals surface area contributed by atoms with E-state index in [0.29, 0.717) is 48.2 Å². The van der Waals surface area contributed by atoms with Gasteiger partial charge in [0.1, 0.15) is 17.4 Å². The maximum absolute atomic E-state index is 12.5. The number of amides is 1. The number of anilines is 1. The summed E-state index contributed by atoms with van der Waals surface area (Å²) in [5.41, 5.74) is 2.60. The van der Waals surface area contributed by atoms with E-state index in [4.69, 9.17) is 14.2 Å². The number of ether oxygens (including phenoxy) is 3. The number of hydrogen-bond acceptors (Lipinski definition) is 10. The average Bonchev–Trinajstić information content (AvgIpc) is 3.31. The lowest BCUT2D eigenvalue weighted by atomic mass is 10.1. The lowest BCUT2D eigenvalue weighted by Crippen LogP contribution is -2.13. The van der Waals surface area contributed by atoms with E-state index in [9.17, 15) is 18.5 Å². The number of benzene rings is 2. The first-order chi connectivity index (χ1) is 17.6. The molecule has 0 radical (unpaired) electrons. The van der Waals surface area contributed by atoms with Crippen molar-refractivity contribution in [3.63, 3.8) is 0 Å². The molecule has 1 heterocycles. The van der Waals surface area contributed by atoms with Crippen molar-refractivity contribution in [2.45, 2.75) is 25.4 Å². The monoisotopic (exact) mass is 542 g/mol. The largest absolute Gasteiger partial charge is 0.493 e. The molecule has 0 unspecified atom stereocenters. The number of nitrogens with zero attached hydrogens (tertiary/aromatic N) is 3. The fourth-order valence-electron chi connectivity index (χ4n) is 3.23. The molecule has 1 aromatic heterocycles. The lowest BCUT2D eigenvalue weighted by Gasteiger charge is -2.12. The van der Waals surface area contributed by atoms with E-state index < -0.39 is 20.9 Å². The number of carbonyl (C=O) groups excluding carboxylic acids is 1. The summed E-state index contributed by atoms with van der Waals surface area (Å²) in [4.78, 5) is 16.2. The van der Waals surface area contributed by atoms with Gasteiger partial charge in [-0.3, -0.25) is 10.1 Å². The summed E-state index contributed by atoms with van der Waals surface area (Å²) in [5, 5.41) is 11.4. The molecule has 3 aromatic rings. The molecule has 1 amide bonds. The van der Waals surface area contributed by atoms with Crippen LogP contribution in [-0.4, -0.2) is 50.3 Å². The van der Waals surface area contributed by atoms with Gasteiger partial charge in [0, 0.05) is 24.2 Å². The highest BCUT2D eigenvalue weighted by molar-refractivity contribution is 7.90. The molecular weight excluding hydrogens is 516 g/mol. The van der Waals surface area contributed by atoms with Gasteiger partial charge in [-0.05, 0) is 60.9 Å². The van der Waals surface area contributed by atoms with E-state index in [0.717, 1.165) is 23.1 Å². The Hall–Kier alpha value is -3.95. The average molecular weight is 543 g/mol. The Kier molecular flexibility index (Phi) is 9.21. The molecule has 0 aliphatic heterocycles. The SMILES string of the molecule is COc1cc(C=C(C#N)C(=O)Nc2nc(S(C)(=O)=O)ns2)ccc1OCCCOc1cc(C)cc(C)c1. The summed E-state index contributed by atoms with van der Waals surface area (Å²) >= 11 is 0.703. The summed E-state index contributed by atoms with van der Waals surface area (Å²) in [5.74, 6) is 1.02. The van der Waals surface area contributed by atoms with Crippen LogP contribution in [0.3, 0.4) is 0 Å². The van der Waals surface area contributed by atoms with Crippen LogP contribution in [0.1, 0.15) is 23.1 Å². The first kappa shape index (κ1) is 27.6. The molecule has 3 rings (SSSR count). The third-order valence-corrected chi connectivity index (χ3v) is 6.43. The van der Waals surface area contributed by atoms with Crippen molar-refractivity contribution in [1.29, 1.82) is 5.26 Å². The highest BCUT2D eigenvalue weighted by Crippen LogP contribution is 2.29. The van der Waals surface area contributed by atoms with E-state index >= 15 is 0 Å². The number of methoxy groups -OCH3 is 1. The molecule has 12 heteroatoms. The molecular formula is C25H26N4O6S2. The van der Waals surface area contributed by atoms with Crippen LogP contribution < -0.4 is 19.5 Å². The van der Waals surface area contributed by atoms with E-state index in [-0.39, 0.29) is 10.7 Å². The Balaban J connectivity index is 1.59. The first-order valence-electron chi connectivity index (χ1n) is 11.1. The fraction of sp³-hybridized carbons (Fsp3) is 0.280. The number of aromatic nitrogens is 2. The van der Waals surface area contributed by atoms with Crippen LogP contribution in [0.25, 0.3) is 6.08 Å². The standard InChI is InChI=1S/C25H26N4O6S2/c1-16-10-17(2)12-20(11-16)34-8-5-9-35-21-7-6-18(14-22(21)33-3)13-19(15-26)23(30)27-24-28-25(29-36-24)37(4,31)32/h6-7,10-14H,5,8-9H2,1-4H3,(H,27,28,29,30). The lowest BCUT2D eigenvalue weighted by molar-refractivity contribution is -0.112. The molecule has 0 saturated heterocycles. The molecule has 37 heavy (non-hydrogen) atoms. The molecule has 0 saturated carbocycles. The molecule has 0 aliphatic carbocycles. The van der Waals surface area contributed by atoms with E-state index in [2.05, 4.69) is 20.7 Å². The van der Waals surface area contributed by atoms with Crippen molar-refractivity contribution >= 4 is 38.5 Å². The number of nitriles is 1. The van der Waals surface area contributed by atoms with Crippen molar-refractivity contribution in [3.05, 3.63) is 58.7 Å². The molecule has 194 valence electrons. The number of nitrogens with one attached hydrogen (secondary N) is 1. The number of hydrogen-bond donors (Lipinski definition) is 1. The van der Waals surface area contributed by atoms with Crippen LogP contribution in [0.15, 0.2) is 47.1 Å². The van der Waals surface area contributed by atoms with Crippen molar-refractivity contribution in [1.82, 2.24) is 9.36 Å². The van der Waals surface area contributed by atoms with E-state index in [1.165, 1.54) is 13.2 Å². The zero-order chi connectivity index (χ0) is 27.0. The smallest absolute Gasteiger partial charge is 0.268 e. The van der Waals surface area contributed by atoms with Crippen molar-refractivity contribution in [2.24, 2.45) is 0 Å². The summed E-state index contributed by atoms with van der Waals surface area (Å²) in [7, 11) is -2.11. The maximum atomic E-state index is 12.5. The summed E-state index contributed by atoms with van der Waals surface area (Å²) < 4.78 is 43.7. The van der Waals surface area contributed by atoms with Gasteiger partial charge in [-0.1, -0.05) is 12.1 Å². The Morgan fingerprint density at radius 2 is 1.81 bits per heavy atom. The van der Waals surface area contributed by atoms with Gasteiger partial charge in [-0.15, -0.1) is 0 Å².